The van der Waals surface area contributed by atoms with E-state index in [2.05, 4.69) is 34.6 Å². The molecule has 4 heteroatoms. The van der Waals surface area contributed by atoms with Crippen molar-refractivity contribution in [1.29, 1.82) is 0 Å². The topological polar surface area (TPSA) is 37.3 Å². The lowest BCUT2D eigenvalue weighted by Gasteiger charge is -2.11. The first-order valence-electron chi connectivity index (χ1n) is 5.64. The summed E-state index contributed by atoms with van der Waals surface area (Å²) in [5.41, 5.74) is 4.09. The lowest BCUT2D eigenvalue weighted by molar-refractivity contribution is 0.627. The number of aromatic nitrogens is 1. The monoisotopic (exact) mass is 235 g/mol. The molecule has 0 aliphatic heterocycles. The zero-order chi connectivity index (χ0) is 11.4. The quantitative estimate of drug-likeness (QED) is 0.494. The normalized spacial score (nSPS) is 20.5. The van der Waals surface area contributed by atoms with Crippen molar-refractivity contribution in [2.75, 3.05) is 5.43 Å². The highest BCUT2D eigenvalue weighted by Gasteiger charge is 2.06. The average Bonchev–Trinajstić information content (AvgIpc) is 2.60. The number of nitrogens with zero attached hydrogens (tertiary/aromatic N) is 2. The van der Waals surface area contributed by atoms with Crippen LogP contribution in [-0.4, -0.2) is 11.2 Å². The van der Waals surface area contributed by atoms with Crippen LogP contribution >= 0.6 is 11.3 Å². The second kappa shape index (κ2) is 5.25. The minimum Gasteiger partial charge on any atom is -0.253 e. The summed E-state index contributed by atoms with van der Waals surface area (Å²) in [6.07, 6.45) is 9.98. The SMILES string of the molecule is Cc1nc(N/N=C/[C@@H]2CC=CCC2)sc1C. The van der Waals surface area contributed by atoms with Gasteiger partial charge in [0.25, 0.3) is 0 Å². The van der Waals surface area contributed by atoms with Crippen LogP contribution in [0.25, 0.3) is 0 Å². The van der Waals surface area contributed by atoms with Crippen LogP contribution in [0.2, 0.25) is 0 Å². The van der Waals surface area contributed by atoms with Gasteiger partial charge in [-0.1, -0.05) is 12.2 Å². The molecule has 0 spiro atoms. The first-order chi connectivity index (χ1) is 7.75. The van der Waals surface area contributed by atoms with Crippen molar-refractivity contribution in [3.05, 3.63) is 22.7 Å². The molecule has 1 atom stereocenters. The van der Waals surface area contributed by atoms with E-state index < -0.39 is 0 Å². The first kappa shape index (κ1) is 11.3. The number of rotatable bonds is 3. The molecule has 1 N–H and O–H groups in total. The molecule has 0 saturated heterocycles. The van der Waals surface area contributed by atoms with Crippen molar-refractivity contribution < 1.29 is 0 Å². The summed E-state index contributed by atoms with van der Waals surface area (Å²) in [5, 5.41) is 5.15. The third kappa shape index (κ3) is 2.92. The van der Waals surface area contributed by atoms with Crippen LogP contribution in [0.3, 0.4) is 0 Å². The molecule has 0 amide bonds. The number of nitrogens with one attached hydrogen (secondary N) is 1. The van der Waals surface area contributed by atoms with E-state index in [0.717, 1.165) is 17.2 Å². The van der Waals surface area contributed by atoms with E-state index in [-0.39, 0.29) is 0 Å². The maximum absolute atomic E-state index is 4.37. The zero-order valence-electron chi connectivity index (χ0n) is 9.73. The highest BCUT2D eigenvalue weighted by atomic mass is 32.1. The van der Waals surface area contributed by atoms with Gasteiger partial charge in [-0.25, -0.2) is 4.98 Å². The molecule has 16 heavy (non-hydrogen) atoms. The van der Waals surface area contributed by atoms with Gasteiger partial charge >= 0.3 is 0 Å². The lowest BCUT2D eigenvalue weighted by atomic mass is 9.96. The van der Waals surface area contributed by atoms with Gasteiger partial charge in [0.2, 0.25) is 5.13 Å². The average molecular weight is 235 g/mol. The second-order valence-electron chi connectivity index (χ2n) is 4.10. The third-order valence-corrected chi connectivity index (χ3v) is 3.76. The van der Waals surface area contributed by atoms with Crippen molar-refractivity contribution in [3.63, 3.8) is 0 Å². The van der Waals surface area contributed by atoms with Gasteiger partial charge in [0.05, 0.1) is 5.69 Å². The van der Waals surface area contributed by atoms with Gasteiger partial charge < -0.3 is 0 Å². The minimum atomic E-state index is 0.583. The van der Waals surface area contributed by atoms with Crippen molar-refractivity contribution in [2.45, 2.75) is 33.1 Å². The molecule has 1 aromatic rings. The maximum atomic E-state index is 4.37. The van der Waals surface area contributed by atoms with Gasteiger partial charge in [-0.15, -0.1) is 11.3 Å². The van der Waals surface area contributed by atoms with Gasteiger partial charge in [0.1, 0.15) is 0 Å². The molecule has 0 fully saturated rings. The molecular weight excluding hydrogens is 218 g/mol. The number of hydrogen-bond acceptors (Lipinski definition) is 4. The summed E-state index contributed by atoms with van der Waals surface area (Å²) >= 11 is 1.65. The maximum Gasteiger partial charge on any atom is 0.203 e. The summed E-state index contributed by atoms with van der Waals surface area (Å²) in [6, 6.07) is 0. The molecule has 86 valence electrons. The fraction of sp³-hybridized carbons (Fsp3) is 0.500. The van der Waals surface area contributed by atoms with Crippen LogP contribution in [0.1, 0.15) is 29.8 Å². The van der Waals surface area contributed by atoms with E-state index in [9.17, 15) is 0 Å². The molecule has 1 aliphatic carbocycles. The Kier molecular flexibility index (Phi) is 3.72. The molecule has 3 nitrogen and oxygen atoms in total. The van der Waals surface area contributed by atoms with E-state index in [1.807, 2.05) is 13.1 Å². The van der Waals surface area contributed by atoms with Crippen LogP contribution in [0, 0.1) is 19.8 Å². The lowest BCUT2D eigenvalue weighted by Crippen LogP contribution is -2.04. The van der Waals surface area contributed by atoms with Gasteiger partial charge in [0.15, 0.2) is 0 Å². The van der Waals surface area contributed by atoms with Crippen LogP contribution in [-0.2, 0) is 0 Å². The molecule has 1 heterocycles. The fourth-order valence-electron chi connectivity index (χ4n) is 1.67. The predicted molar refractivity (Wildman–Crippen MR) is 70.2 cm³/mol. The van der Waals surface area contributed by atoms with Crippen LogP contribution in [0.4, 0.5) is 5.13 Å². The second-order valence-corrected chi connectivity index (χ2v) is 5.30. The molecule has 0 aromatic carbocycles. The molecule has 0 saturated carbocycles. The first-order valence-corrected chi connectivity index (χ1v) is 6.45. The van der Waals surface area contributed by atoms with E-state index in [1.54, 1.807) is 11.3 Å². The Morgan fingerprint density at radius 2 is 2.38 bits per heavy atom. The van der Waals surface area contributed by atoms with Gasteiger partial charge in [0, 0.05) is 11.1 Å². The number of allylic oxidation sites excluding steroid dienone is 2. The largest absolute Gasteiger partial charge is 0.253 e. The molecular formula is C12H17N3S. The number of hydrogen-bond donors (Lipinski definition) is 1. The summed E-state index contributed by atoms with van der Waals surface area (Å²) in [6.45, 7) is 4.10. The molecule has 1 aliphatic rings. The Bertz CT molecular complexity index is 387. The predicted octanol–water partition coefficient (Wildman–Crippen LogP) is 3.51. The summed E-state index contributed by atoms with van der Waals surface area (Å²) < 4.78 is 0. The van der Waals surface area contributed by atoms with Gasteiger partial charge in [-0.05, 0) is 39.0 Å². The van der Waals surface area contributed by atoms with Crippen LogP contribution < -0.4 is 5.43 Å². The van der Waals surface area contributed by atoms with Crippen molar-refractivity contribution in [2.24, 2.45) is 11.0 Å². The standard InChI is InChI=1S/C12H17N3S/c1-9-10(2)16-12(14-9)15-13-8-11-6-4-3-5-7-11/h3-4,8,11H,5-7H2,1-2H3,(H,14,15)/b13-8+/t11-/m1/s1. The van der Waals surface area contributed by atoms with E-state index >= 15 is 0 Å². The van der Waals surface area contributed by atoms with Gasteiger partial charge in [-0.3, -0.25) is 5.43 Å². The number of aryl methyl sites for hydroxylation is 2. The Balaban J connectivity index is 1.86. The molecule has 2 rings (SSSR count). The smallest absolute Gasteiger partial charge is 0.203 e. The van der Waals surface area contributed by atoms with Crippen molar-refractivity contribution >= 4 is 22.7 Å². The minimum absolute atomic E-state index is 0.583. The Hall–Kier alpha value is -1.16. The third-order valence-electron chi connectivity index (χ3n) is 2.78. The van der Waals surface area contributed by atoms with Crippen molar-refractivity contribution in [3.8, 4) is 0 Å². The Morgan fingerprint density at radius 1 is 1.50 bits per heavy atom. The molecule has 0 unspecified atom stereocenters. The Labute approximate surface area is 100 Å². The van der Waals surface area contributed by atoms with E-state index in [1.165, 1.54) is 17.7 Å². The number of hydrazone groups is 1. The summed E-state index contributed by atoms with van der Waals surface area (Å²) in [4.78, 5) is 5.62. The highest BCUT2D eigenvalue weighted by molar-refractivity contribution is 7.15. The summed E-state index contributed by atoms with van der Waals surface area (Å²) in [7, 11) is 0. The number of thiazole rings is 1. The van der Waals surface area contributed by atoms with Crippen LogP contribution in [0.15, 0.2) is 17.3 Å². The zero-order valence-corrected chi connectivity index (χ0v) is 10.5. The van der Waals surface area contributed by atoms with Crippen LogP contribution in [0.5, 0.6) is 0 Å². The van der Waals surface area contributed by atoms with Gasteiger partial charge in [-0.2, -0.15) is 5.10 Å². The summed E-state index contributed by atoms with van der Waals surface area (Å²) in [5.74, 6) is 0.583. The number of anilines is 1. The van der Waals surface area contributed by atoms with E-state index in [0.29, 0.717) is 5.92 Å². The highest BCUT2D eigenvalue weighted by Crippen LogP contribution is 2.21. The molecule has 0 bridgehead atoms. The molecule has 0 radical (unpaired) electrons. The fourth-order valence-corrected chi connectivity index (χ4v) is 2.44. The molecule has 1 aromatic heterocycles. The Morgan fingerprint density at radius 3 is 3.00 bits per heavy atom. The van der Waals surface area contributed by atoms with E-state index in [4.69, 9.17) is 0 Å². The van der Waals surface area contributed by atoms with Crippen molar-refractivity contribution in [1.82, 2.24) is 4.98 Å².